The van der Waals surface area contributed by atoms with E-state index in [1.54, 1.807) is 0 Å². The minimum absolute atomic E-state index is 0.0944. The highest BCUT2D eigenvalue weighted by atomic mass is 79.9. The van der Waals surface area contributed by atoms with Gasteiger partial charge in [-0.1, -0.05) is 0 Å². The SMILES string of the molecule is CCOC(C)c1cc(Br)c(Br)nc1C. The zero-order chi connectivity index (χ0) is 10.7. The van der Waals surface area contributed by atoms with Crippen molar-refractivity contribution in [1.29, 1.82) is 0 Å². The van der Waals surface area contributed by atoms with Crippen LogP contribution in [0.3, 0.4) is 0 Å². The fourth-order valence-electron chi connectivity index (χ4n) is 1.32. The van der Waals surface area contributed by atoms with E-state index < -0.39 is 0 Å². The lowest BCUT2D eigenvalue weighted by Gasteiger charge is -2.14. The summed E-state index contributed by atoms with van der Waals surface area (Å²) in [5.74, 6) is 0. The van der Waals surface area contributed by atoms with Gasteiger partial charge in [-0.25, -0.2) is 4.98 Å². The van der Waals surface area contributed by atoms with E-state index in [1.165, 1.54) is 0 Å². The van der Waals surface area contributed by atoms with Crippen molar-refractivity contribution in [1.82, 2.24) is 4.98 Å². The topological polar surface area (TPSA) is 22.1 Å². The quantitative estimate of drug-likeness (QED) is 0.784. The predicted octanol–water partition coefficient (Wildman–Crippen LogP) is 4.01. The van der Waals surface area contributed by atoms with Crippen molar-refractivity contribution < 1.29 is 4.74 Å². The van der Waals surface area contributed by atoms with Crippen LogP contribution in [0, 0.1) is 6.92 Å². The van der Waals surface area contributed by atoms with Crippen molar-refractivity contribution in [2.24, 2.45) is 0 Å². The van der Waals surface area contributed by atoms with Gasteiger partial charge in [0.05, 0.1) is 10.6 Å². The van der Waals surface area contributed by atoms with Crippen LogP contribution in [0.1, 0.15) is 31.2 Å². The molecule has 0 aromatic carbocycles. The van der Waals surface area contributed by atoms with Crippen LogP contribution >= 0.6 is 31.9 Å². The zero-order valence-electron chi connectivity index (χ0n) is 8.47. The second-order valence-corrected chi connectivity index (χ2v) is 4.64. The van der Waals surface area contributed by atoms with E-state index in [-0.39, 0.29) is 6.10 Å². The molecule has 0 spiro atoms. The van der Waals surface area contributed by atoms with Gasteiger partial charge in [0.1, 0.15) is 4.60 Å². The standard InChI is InChI=1S/C10H13Br2NO/c1-4-14-7(3)8-5-9(11)10(12)13-6(8)2/h5,7H,4H2,1-3H3. The lowest BCUT2D eigenvalue weighted by molar-refractivity contribution is 0.0756. The number of ether oxygens (including phenoxy) is 1. The third-order valence-electron chi connectivity index (χ3n) is 2.02. The molecule has 0 fully saturated rings. The molecule has 1 aromatic rings. The van der Waals surface area contributed by atoms with Gasteiger partial charge in [0.25, 0.3) is 0 Å². The predicted molar refractivity (Wildman–Crippen MR) is 64.4 cm³/mol. The maximum atomic E-state index is 5.53. The molecular weight excluding hydrogens is 310 g/mol. The smallest absolute Gasteiger partial charge is 0.120 e. The summed E-state index contributed by atoms with van der Waals surface area (Å²) in [5.41, 5.74) is 2.13. The van der Waals surface area contributed by atoms with Crippen molar-refractivity contribution >= 4 is 31.9 Å². The first kappa shape index (κ1) is 12.1. The molecule has 0 N–H and O–H groups in total. The molecule has 2 nitrogen and oxygen atoms in total. The van der Waals surface area contributed by atoms with Crippen LogP contribution < -0.4 is 0 Å². The number of rotatable bonds is 3. The number of pyridine rings is 1. The van der Waals surface area contributed by atoms with Crippen molar-refractivity contribution in [2.75, 3.05) is 6.61 Å². The number of aromatic nitrogens is 1. The molecule has 0 radical (unpaired) electrons. The van der Waals surface area contributed by atoms with E-state index in [2.05, 4.69) is 36.8 Å². The Morgan fingerprint density at radius 2 is 2.14 bits per heavy atom. The van der Waals surface area contributed by atoms with Gasteiger partial charge in [-0.3, -0.25) is 0 Å². The van der Waals surface area contributed by atoms with E-state index in [4.69, 9.17) is 4.74 Å². The van der Waals surface area contributed by atoms with Crippen molar-refractivity contribution in [3.63, 3.8) is 0 Å². The lowest BCUT2D eigenvalue weighted by Crippen LogP contribution is -2.03. The van der Waals surface area contributed by atoms with Gasteiger partial charge in [0.15, 0.2) is 0 Å². The molecule has 78 valence electrons. The van der Waals surface area contributed by atoms with Crippen LogP contribution in [0.2, 0.25) is 0 Å². The summed E-state index contributed by atoms with van der Waals surface area (Å²) in [7, 11) is 0. The Bertz CT molecular complexity index is 328. The first-order valence-corrected chi connectivity index (χ1v) is 6.09. The Hall–Kier alpha value is 0.0700. The molecule has 0 saturated heterocycles. The molecule has 4 heteroatoms. The highest BCUT2D eigenvalue weighted by Gasteiger charge is 2.11. The van der Waals surface area contributed by atoms with E-state index >= 15 is 0 Å². The highest BCUT2D eigenvalue weighted by Crippen LogP contribution is 2.28. The molecule has 0 amide bonds. The average Bonchev–Trinajstić information content (AvgIpc) is 2.11. The second-order valence-electron chi connectivity index (χ2n) is 3.03. The Morgan fingerprint density at radius 3 is 2.71 bits per heavy atom. The molecule has 0 saturated carbocycles. The lowest BCUT2D eigenvalue weighted by atomic mass is 10.1. The van der Waals surface area contributed by atoms with Crippen molar-refractivity contribution in [3.05, 3.63) is 26.4 Å². The molecule has 1 aromatic heterocycles. The van der Waals surface area contributed by atoms with Crippen LogP contribution in [0.4, 0.5) is 0 Å². The van der Waals surface area contributed by atoms with E-state index in [0.29, 0.717) is 6.61 Å². The largest absolute Gasteiger partial charge is 0.374 e. The maximum absolute atomic E-state index is 5.53. The summed E-state index contributed by atoms with van der Waals surface area (Å²) in [5, 5.41) is 0. The molecule has 0 aliphatic heterocycles. The zero-order valence-corrected chi connectivity index (χ0v) is 11.6. The fourth-order valence-corrected chi connectivity index (χ4v) is 2.03. The Morgan fingerprint density at radius 1 is 1.50 bits per heavy atom. The molecule has 1 heterocycles. The third kappa shape index (κ3) is 2.78. The third-order valence-corrected chi connectivity index (χ3v) is 3.76. The molecular formula is C10H13Br2NO. The van der Waals surface area contributed by atoms with Gasteiger partial charge in [-0.05, 0) is 58.7 Å². The molecule has 14 heavy (non-hydrogen) atoms. The molecule has 1 atom stereocenters. The number of halogens is 2. The van der Waals surface area contributed by atoms with Gasteiger partial charge >= 0.3 is 0 Å². The van der Waals surface area contributed by atoms with Crippen molar-refractivity contribution in [3.8, 4) is 0 Å². The monoisotopic (exact) mass is 321 g/mol. The number of nitrogens with zero attached hydrogens (tertiary/aromatic N) is 1. The van der Waals surface area contributed by atoms with Gasteiger partial charge < -0.3 is 4.74 Å². The van der Waals surface area contributed by atoms with Crippen LogP contribution in [-0.4, -0.2) is 11.6 Å². The van der Waals surface area contributed by atoms with Gasteiger partial charge in [-0.15, -0.1) is 0 Å². The first-order chi connectivity index (χ1) is 6.56. The Balaban J connectivity index is 3.02. The maximum Gasteiger partial charge on any atom is 0.120 e. The van der Waals surface area contributed by atoms with Crippen LogP contribution in [-0.2, 0) is 4.74 Å². The Labute approximate surface area is 101 Å². The molecule has 0 aliphatic carbocycles. The summed E-state index contributed by atoms with van der Waals surface area (Å²) in [6, 6.07) is 2.05. The second kappa shape index (κ2) is 5.24. The summed E-state index contributed by atoms with van der Waals surface area (Å²) in [4.78, 5) is 4.37. The first-order valence-electron chi connectivity index (χ1n) is 4.50. The molecule has 1 unspecified atom stereocenters. The van der Waals surface area contributed by atoms with E-state index in [0.717, 1.165) is 20.3 Å². The summed E-state index contributed by atoms with van der Waals surface area (Å²) in [6.07, 6.45) is 0.0944. The van der Waals surface area contributed by atoms with Gasteiger partial charge in [-0.2, -0.15) is 0 Å². The number of aryl methyl sites for hydroxylation is 1. The van der Waals surface area contributed by atoms with Gasteiger partial charge in [0, 0.05) is 17.9 Å². The van der Waals surface area contributed by atoms with E-state index in [9.17, 15) is 0 Å². The normalized spacial score (nSPS) is 12.9. The summed E-state index contributed by atoms with van der Waals surface area (Å²) >= 11 is 6.80. The number of hydrogen-bond acceptors (Lipinski definition) is 2. The molecule has 0 bridgehead atoms. The minimum Gasteiger partial charge on any atom is -0.374 e. The van der Waals surface area contributed by atoms with Crippen molar-refractivity contribution in [2.45, 2.75) is 26.9 Å². The molecule has 0 aliphatic rings. The molecule has 1 rings (SSSR count). The van der Waals surface area contributed by atoms with Gasteiger partial charge in [0.2, 0.25) is 0 Å². The van der Waals surface area contributed by atoms with Crippen LogP contribution in [0.25, 0.3) is 0 Å². The number of hydrogen-bond donors (Lipinski definition) is 0. The van der Waals surface area contributed by atoms with E-state index in [1.807, 2.05) is 26.8 Å². The van der Waals surface area contributed by atoms with Crippen LogP contribution in [0.15, 0.2) is 15.1 Å². The average molecular weight is 323 g/mol. The highest BCUT2D eigenvalue weighted by molar-refractivity contribution is 9.13. The minimum atomic E-state index is 0.0944. The fraction of sp³-hybridized carbons (Fsp3) is 0.500. The summed E-state index contributed by atoms with van der Waals surface area (Å²) in [6.45, 7) is 6.73. The summed E-state index contributed by atoms with van der Waals surface area (Å²) < 4.78 is 7.33. The van der Waals surface area contributed by atoms with Crippen LogP contribution in [0.5, 0.6) is 0 Å². The Kier molecular flexibility index (Phi) is 4.54.